The molecule has 5 rings (SSSR count). The Labute approximate surface area is 202 Å². The highest BCUT2D eigenvalue weighted by molar-refractivity contribution is 6.35. The van der Waals surface area contributed by atoms with Crippen LogP contribution in [0.2, 0.25) is 5.02 Å². The molecule has 13 heteroatoms. The Morgan fingerprint density at radius 2 is 1.94 bits per heavy atom. The predicted molar refractivity (Wildman–Crippen MR) is 129 cm³/mol. The van der Waals surface area contributed by atoms with E-state index in [-0.39, 0.29) is 56.6 Å². The van der Waals surface area contributed by atoms with Crippen molar-refractivity contribution < 1.29 is 4.39 Å². The number of nitrogen functional groups attached to an aromatic ring is 3. The van der Waals surface area contributed by atoms with Crippen LogP contribution in [-0.2, 0) is 0 Å². The number of pyridine rings is 1. The number of aromatic nitrogens is 5. The Morgan fingerprint density at radius 1 is 1.17 bits per heavy atom. The van der Waals surface area contributed by atoms with E-state index in [4.69, 9.17) is 28.8 Å². The fourth-order valence-electron chi connectivity index (χ4n) is 3.90. The molecule has 35 heavy (non-hydrogen) atoms. The van der Waals surface area contributed by atoms with Crippen molar-refractivity contribution in [2.24, 2.45) is 5.92 Å². The Bertz CT molecular complexity index is 1580. The van der Waals surface area contributed by atoms with Crippen LogP contribution in [0.1, 0.15) is 30.3 Å². The fourth-order valence-corrected chi connectivity index (χ4v) is 4.14. The summed E-state index contributed by atoms with van der Waals surface area (Å²) in [5.74, 6) is -0.422. The van der Waals surface area contributed by atoms with E-state index in [1.165, 1.54) is 22.9 Å². The molecule has 11 nitrogen and oxygen atoms in total. The number of nitriles is 1. The number of anilines is 4. The quantitative estimate of drug-likeness (QED) is 0.322. The van der Waals surface area contributed by atoms with Gasteiger partial charge in [-0.3, -0.25) is 9.36 Å². The number of nitrogens with two attached hydrogens (primary N) is 3. The monoisotopic (exact) mass is 492 g/mol. The number of hydrogen-bond donors (Lipinski definition) is 4. The zero-order valence-corrected chi connectivity index (χ0v) is 18.8. The summed E-state index contributed by atoms with van der Waals surface area (Å²) >= 11 is 6.28. The van der Waals surface area contributed by atoms with Gasteiger partial charge in [0.05, 0.1) is 28.3 Å². The highest BCUT2D eigenvalue weighted by Crippen LogP contribution is 2.43. The Morgan fingerprint density at radius 3 is 2.60 bits per heavy atom. The maximum absolute atomic E-state index is 14.8. The van der Waals surface area contributed by atoms with E-state index >= 15 is 0 Å². The third kappa shape index (κ3) is 3.91. The first-order valence-electron chi connectivity index (χ1n) is 10.5. The van der Waals surface area contributed by atoms with Gasteiger partial charge < -0.3 is 22.5 Å². The van der Waals surface area contributed by atoms with Crippen molar-refractivity contribution in [1.29, 1.82) is 5.26 Å². The normalized spacial score (nSPS) is 14.0. The van der Waals surface area contributed by atoms with Crippen LogP contribution in [-0.4, -0.2) is 24.5 Å². The summed E-state index contributed by atoms with van der Waals surface area (Å²) in [7, 11) is 0. The fraction of sp³-hybridized carbons (Fsp3) is 0.182. The van der Waals surface area contributed by atoms with Crippen LogP contribution >= 0.6 is 11.6 Å². The smallest absolute Gasteiger partial charge is 0.267 e. The summed E-state index contributed by atoms with van der Waals surface area (Å²) in [6, 6.07) is 6.87. The van der Waals surface area contributed by atoms with Gasteiger partial charge >= 0.3 is 0 Å². The van der Waals surface area contributed by atoms with Gasteiger partial charge in [0.1, 0.15) is 40.4 Å². The number of rotatable bonds is 5. The lowest BCUT2D eigenvalue weighted by molar-refractivity contribution is 0.600. The molecule has 1 aliphatic rings. The minimum absolute atomic E-state index is 0.00135. The second-order valence-electron chi connectivity index (χ2n) is 8.07. The number of nitrogens with zero attached hydrogens (tertiary/aromatic N) is 6. The molecule has 0 amide bonds. The molecule has 0 aliphatic heterocycles. The number of benzene rings is 1. The third-order valence-electron chi connectivity index (χ3n) is 5.71. The van der Waals surface area contributed by atoms with Crippen LogP contribution in [0.3, 0.4) is 0 Å². The molecule has 0 spiro atoms. The molecule has 4 aromatic rings. The van der Waals surface area contributed by atoms with Gasteiger partial charge in [0.2, 0.25) is 5.95 Å². The number of halogens is 2. The van der Waals surface area contributed by atoms with Crippen molar-refractivity contribution in [1.82, 2.24) is 24.5 Å². The van der Waals surface area contributed by atoms with E-state index in [2.05, 4.69) is 25.3 Å². The van der Waals surface area contributed by atoms with Crippen LogP contribution in [0.4, 0.5) is 27.8 Å². The molecule has 7 N–H and O–H groups in total. The lowest BCUT2D eigenvalue weighted by Gasteiger charge is -2.24. The summed E-state index contributed by atoms with van der Waals surface area (Å²) in [6.45, 7) is 0. The summed E-state index contributed by atoms with van der Waals surface area (Å²) in [6.07, 6.45) is 3.00. The molecule has 176 valence electrons. The molecule has 3 aromatic heterocycles. The van der Waals surface area contributed by atoms with Crippen molar-refractivity contribution >= 4 is 45.9 Å². The molecule has 3 heterocycles. The van der Waals surface area contributed by atoms with Crippen LogP contribution < -0.4 is 28.1 Å². The molecular formula is C22H18ClFN10O. The Hall–Kier alpha value is -4.50. The van der Waals surface area contributed by atoms with E-state index in [1.807, 2.05) is 6.07 Å². The van der Waals surface area contributed by atoms with Crippen molar-refractivity contribution in [2.45, 2.75) is 18.9 Å². The van der Waals surface area contributed by atoms with Gasteiger partial charge in [0.15, 0.2) is 5.82 Å². The highest BCUT2D eigenvalue weighted by Gasteiger charge is 2.37. The van der Waals surface area contributed by atoms with Gasteiger partial charge in [-0.05, 0) is 43.0 Å². The SMILES string of the molecule is N#Cc1c(N)nc(N)nc1NC(c1nc2c(F)ccc(Cl)c2c(=O)n1-c1ccc(N)nc1)C1CC1. The molecule has 1 atom stereocenters. The third-order valence-corrected chi connectivity index (χ3v) is 6.02. The lowest BCUT2D eigenvalue weighted by atomic mass is 10.1. The Kier molecular flexibility index (Phi) is 5.33. The molecule has 1 fully saturated rings. The number of nitrogens with one attached hydrogen (secondary N) is 1. The first-order chi connectivity index (χ1) is 16.8. The van der Waals surface area contributed by atoms with Gasteiger partial charge in [-0.1, -0.05) is 11.6 Å². The molecule has 1 aliphatic carbocycles. The number of hydrogen-bond acceptors (Lipinski definition) is 10. The van der Waals surface area contributed by atoms with Gasteiger partial charge in [-0.15, -0.1) is 0 Å². The standard InChI is InChI=1S/C22H18ClFN10O/c23-12-4-5-13(24)17-15(12)21(35)34(10-3-6-14(26)29-8-10)20(31-17)16(9-1-2-9)30-19-11(7-25)18(27)32-22(28)33-19/h3-6,8-9,16H,1-2H2,(H2,26,29)(H5,27,28,30,32,33). The summed E-state index contributed by atoms with van der Waals surface area (Å²) < 4.78 is 16.1. The van der Waals surface area contributed by atoms with Crippen molar-refractivity contribution in [3.05, 3.63) is 63.0 Å². The zero-order chi connectivity index (χ0) is 24.9. The van der Waals surface area contributed by atoms with E-state index in [0.29, 0.717) is 5.69 Å². The van der Waals surface area contributed by atoms with Crippen LogP contribution in [0, 0.1) is 23.1 Å². The average Bonchev–Trinajstić information content (AvgIpc) is 3.65. The van der Waals surface area contributed by atoms with Gasteiger partial charge in [-0.2, -0.15) is 15.2 Å². The van der Waals surface area contributed by atoms with Crippen molar-refractivity contribution in [2.75, 3.05) is 22.5 Å². The van der Waals surface area contributed by atoms with E-state index in [9.17, 15) is 14.4 Å². The van der Waals surface area contributed by atoms with Crippen LogP contribution in [0.5, 0.6) is 0 Å². The van der Waals surface area contributed by atoms with Crippen LogP contribution in [0.15, 0.2) is 35.3 Å². The summed E-state index contributed by atoms with van der Waals surface area (Å²) in [5.41, 5.74) is 16.9. The first kappa shape index (κ1) is 22.3. The zero-order valence-electron chi connectivity index (χ0n) is 18.0. The molecule has 1 saturated carbocycles. The van der Waals surface area contributed by atoms with Gasteiger partial charge in [-0.25, -0.2) is 14.4 Å². The molecular weight excluding hydrogens is 475 g/mol. The Balaban J connectivity index is 1.79. The van der Waals surface area contributed by atoms with Crippen molar-refractivity contribution in [3.8, 4) is 11.8 Å². The maximum atomic E-state index is 14.8. The molecule has 0 saturated heterocycles. The van der Waals surface area contributed by atoms with E-state index in [0.717, 1.165) is 18.9 Å². The molecule has 0 radical (unpaired) electrons. The molecule has 1 unspecified atom stereocenters. The number of fused-ring (bicyclic) bond motifs is 1. The second kappa shape index (κ2) is 8.37. The summed E-state index contributed by atoms with van der Waals surface area (Å²) in [4.78, 5) is 30.3. The largest absolute Gasteiger partial charge is 0.384 e. The molecule has 0 bridgehead atoms. The van der Waals surface area contributed by atoms with E-state index < -0.39 is 17.4 Å². The van der Waals surface area contributed by atoms with E-state index in [1.54, 1.807) is 6.07 Å². The predicted octanol–water partition coefficient (Wildman–Crippen LogP) is 2.54. The molecule has 1 aromatic carbocycles. The second-order valence-corrected chi connectivity index (χ2v) is 8.47. The first-order valence-corrected chi connectivity index (χ1v) is 10.9. The van der Waals surface area contributed by atoms with Crippen LogP contribution in [0.25, 0.3) is 16.6 Å². The topological polar surface area (TPSA) is 187 Å². The minimum Gasteiger partial charge on any atom is -0.384 e. The lowest BCUT2D eigenvalue weighted by Crippen LogP contribution is -2.30. The van der Waals surface area contributed by atoms with Gasteiger partial charge in [0, 0.05) is 0 Å². The summed E-state index contributed by atoms with van der Waals surface area (Å²) in [5, 5.41) is 12.7. The average molecular weight is 493 g/mol. The van der Waals surface area contributed by atoms with Crippen molar-refractivity contribution in [3.63, 3.8) is 0 Å². The van der Waals surface area contributed by atoms with Gasteiger partial charge in [0.25, 0.3) is 5.56 Å². The highest BCUT2D eigenvalue weighted by atomic mass is 35.5. The minimum atomic E-state index is -0.701. The maximum Gasteiger partial charge on any atom is 0.267 e.